The third-order valence-electron chi connectivity index (χ3n) is 6.02. The highest BCUT2D eigenvalue weighted by Gasteiger charge is 2.48. The number of imide groups is 1. The van der Waals surface area contributed by atoms with Gasteiger partial charge in [-0.2, -0.15) is 13.2 Å². The van der Waals surface area contributed by atoms with Gasteiger partial charge < -0.3 is 10.1 Å². The van der Waals surface area contributed by atoms with E-state index in [-0.39, 0.29) is 34.9 Å². The first-order valence-corrected chi connectivity index (χ1v) is 10.8. The van der Waals surface area contributed by atoms with Crippen LogP contribution in [0.1, 0.15) is 41.6 Å². The third kappa shape index (κ3) is 4.66. The number of anilines is 2. The quantitative estimate of drug-likeness (QED) is 0.519. The van der Waals surface area contributed by atoms with Crippen LogP contribution in [-0.4, -0.2) is 30.3 Å². The topological polar surface area (TPSA) is 92.8 Å². The van der Waals surface area contributed by atoms with Gasteiger partial charge in [-0.05, 0) is 43.2 Å². The Morgan fingerprint density at radius 3 is 2.26 bits per heavy atom. The Labute approximate surface area is 192 Å². The molecule has 2 aromatic rings. The molecule has 2 fully saturated rings. The number of para-hydroxylation sites is 1. The molecule has 0 spiro atoms. The van der Waals surface area contributed by atoms with Gasteiger partial charge in [0.15, 0.2) is 6.61 Å². The molecule has 1 aliphatic carbocycles. The van der Waals surface area contributed by atoms with Crippen molar-refractivity contribution in [3.63, 3.8) is 0 Å². The van der Waals surface area contributed by atoms with Gasteiger partial charge in [0.1, 0.15) is 0 Å². The van der Waals surface area contributed by atoms with E-state index in [1.165, 1.54) is 36.4 Å². The number of amides is 3. The number of esters is 1. The molecule has 1 N–H and O–H groups in total. The number of rotatable bonds is 5. The number of carbonyl (C=O) groups excluding carboxylic acids is 4. The number of ether oxygens (including phenoxy) is 1. The molecule has 1 saturated carbocycles. The Hall–Kier alpha value is -3.69. The molecule has 0 unspecified atom stereocenters. The molecule has 3 amide bonds. The minimum absolute atomic E-state index is 0.00327. The van der Waals surface area contributed by atoms with Crippen molar-refractivity contribution in [2.24, 2.45) is 11.8 Å². The second-order valence-corrected chi connectivity index (χ2v) is 8.23. The molecule has 4 rings (SSSR count). The Morgan fingerprint density at radius 1 is 0.971 bits per heavy atom. The molecule has 7 nitrogen and oxygen atoms in total. The van der Waals surface area contributed by atoms with Crippen LogP contribution < -0.4 is 10.2 Å². The van der Waals surface area contributed by atoms with E-state index in [1.54, 1.807) is 0 Å². The molecule has 34 heavy (non-hydrogen) atoms. The van der Waals surface area contributed by atoms with Gasteiger partial charge in [0.25, 0.3) is 5.91 Å². The zero-order valence-corrected chi connectivity index (χ0v) is 17.9. The van der Waals surface area contributed by atoms with E-state index < -0.39 is 35.9 Å². The third-order valence-corrected chi connectivity index (χ3v) is 6.02. The van der Waals surface area contributed by atoms with Crippen molar-refractivity contribution < 1.29 is 37.1 Å². The Kier molecular flexibility index (Phi) is 6.41. The van der Waals surface area contributed by atoms with Crippen LogP contribution in [0.3, 0.4) is 0 Å². The maximum absolute atomic E-state index is 13.1. The SMILES string of the molecule is O=C(COC(=O)c1cccc(N2C(=O)[C@@H]3CCCC[C@H]3C2=O)c1)Nc1ccccc1C(F)(F)F. The Morgan fingerprint density at radius 2 is 1.62 bits per heavy atom. The summed E-state index contributed by atoms with van der Waals surface area (Å²) in [5.41, 5.74) is -1.24. The zero-order chi connectivity index (χ0) is 24.5. The number of halogens is 3. The van der Waals surface area contributed by atoms with Gasteiger partial charge in [0.05, 0.1) is 34.3 Å². The number of nitrogens with one attached hydrogen (secondary N) is 1. The van der Waals surface area contributed by atoms with Crippen molar-refractivity contribution in [2.75, 3.05) is 16.8 Å². The number of benzene rings is 2. The van der Waals surface area contributed by atoms with E-state index in [0.29, 0.717) is 12.8 Å². The Balaban J connectivity index is 1.41. The van der Waals surface area contributed by atoms with Gasteiger partial charge in [-0.3, -0.25) is 19.3 Å². The predicted octanol–water partition coefficient (Wildman–Crippen LogP) is 4.18. The molecule has 0 radical (unpaired) electrons. The fourth-order valence-electron chi connectivity index (χ4n) is 4.43. The van der Waals surface area contributed by atoms with Gasteiger partial charge in [-0.15, -0.1) is 0 Å². The summed E-state index contributed by atoms with van der Waals surface area (Å²) < 4.78 is 44.1. The van der Waals surface area contributed by atoms with Crippen molar-refractivity contribution in [1.29, 1.82) is 0 Å². The molecular weight excluding hydrogens is 453 g/mol. The van der Waals surface area contributed by atoms with E-state index >= 15 is 0 Å². The lowest BCUT2D eigenvalue weighted by molar-refractivity contribution is -0.137. The van der Waals surface area contributed by atoms with E-state index in [1.807, 2.05) is 0 Å². The second kappa shape index (κ2) is 9.28. The van der Waals surface area contributed by atoms with Crippen LogP contribution in [0, 0.1) is 11.8 Å². The van der Waals surface area contributed by atoms with Crippen LogP contribution in [0.2, 0.25) is 0 Å². The summed E-state index contributed by atoms with van der Waals surface area (Å²) in [4.78, 5) is 51.2. The largest absolute Gasteiger partial charge is 0.452 e. The summed E-state index contributed by atoms with van der Waals surface area (Å²) in [7, 11) is 0. The van der Waals surface area contributed by atoms with E-state index in [0.717, 1.165) is 29.9 Å². The first-order valence-electron chi connectivity index (χ1n) is 10.8. The van der Waals surface area contributed by atoms with Gasteiger partial charge in [0.2, 0.25) is 11.8 Å². The maximum Gasteiger partial charge on any atom is 0.418 e. The van der Waals surface area contributed by atoms with Crippen LogP contribution in [0.25, 0.3) is 0 Å². The van der Waals surface area contributed by atoms with E-state index in [4.69, 9.17) is 4.74 Å². The monoisotopic (exact) mass is 474 g/mol. The van der Waals surface area contributed by atoms with Crippen LogP contribution in [0.5, 0.6) is 0 Å². The summed E-state index contributed by atoms with van der Waals surface area (Å²) in [5.74, 6) is -3.14. The van der Waals surface area contributed by atoms with Crippen LogP contribution in [0.15, 0.2) is 48.5 Å². The van der Waals surface area contributed by atoms with Crippen molar-refractivity contribution in [3.8, 4) is 0 Å². The highest BCUT2D eigenvalue weighted by molar-refractivity contribution is 6.22. The molecule has 2 aliphatic rings. The lowest BCUT2D eigenvalue weighted by atomic mass is 9.81. The van der Waals surface area contributed by atoms with E-state index in [9.17, 15) is 32.3 Å². The number of alkyl halides is 3. The first-order chi connectivity index (χ1) is 16.2. The number of hydrogen-bond donors (Lipinski definition) is 1. The average Bonchev–Trinajstić information content (AvgIpc) is 3.07. The highest BCUT2D eigenvalue weighted by atomic mass is 19.4. The average molecular weight is 474 g/mol. The lowest BCUT2D eigenvalue weighted by Crippen LogP contribution is -2.31. The normalized spacial score (nSPS) is 20.1. The van der Waals surface area contributed by atoms with Crippen LogP contribution in [-0.2, 0) is 25.3 Å². The van der Waals surface area contributed by atoms with Crippen molar-refractivity contribution in [1.82, 2.24) is 0 Å². The molecule has 0 aromatic heterocycles. The standard InChI is InChI=1S/C24H21F3N2O5/c25-24(26,27)18-10-3-4-11-19(18)28-20(30)13-34-23(33)14-6-5-7-15(12-14)29-21(31)16-8-1-2-9-17(16)22(29)32/h3-7,10-12,16-17H,1-2,8-9,13H2,(H,28,30)/t16-,17-/m1/s1. The highest BCUT2D eigenvalue weighted by Crippen LogP contribution is 2.40. The lowest BCUT2D eigenvalue weighted by Gasteiger charge is -2.19. The maximum atomic E-state index is 13.1. The molecule has 1 saturated heterocycles. The summed E-state index contributed by atoms with van der Waals surface area (Å²) in [6, 6.07) is 10.2. The van der Waals surface area contributed by atoms with Gasteiger partial charge >= 0.3 is 12.1 Å². The van der Waals surface area contributed by atoms with E-state index in [2.05, 4.69) is 5.32 Å². The molecule has 178 valence electrons. The smallest absolute Gasteiger partial charge is 0.418 e. The molecule has 1 heterocycles. The number of carbonyl (C=O) groups is 4. The zero-order valence-electron chi connectivity index (χ0n) is 17.9. The first kappa shape index (κ1) is 23.5. The molecule has 0 bridgehead atoms. The Bertz CT molecular complexity index is 1120. The summed E-state index contributed by atoms with van der Waals surface area (Å²) in [6.07, 6.45) is -1.59. The van der Waals surface area contributed by atoms with Crippen molar-refractivity contribution in [3.05, 3.63) is 59.7 Å². The summed E-state index contributed by atoms with van der Waals surface area (Å²) >= 11 is 0. The van der Waals surface area contributed by atoms with Crippen molar-refractivity contribution >= 4 is 35.1 Å². The van der Waals surface area contributed by atoms with Gasteiger partial charge in [0, 0.05) is 0 Å². The van der Waals surface area contributed by atoms with Gasteiger partial charge in [-0.25, -0.2) is 4.79 Å². The number of hydrogen-bond acceptors (Lipinski definition) is 5. The second-order valence-electron chi connectivity index (χ2n) is 8.23. The molecule has 1 aliphatic heterocycles. The minimum Gasteiger partial charge on any atom is -0.452 e. The van der Waals surface area contributed by atoms with Crippen LogP contribution in [0.4, 0.5) is 24.5 Å². The summed E-state index contributed by atoms with van der Waals surface area (Å²) in [6.45, 7) is -0.818. The minimum atomic E-state index is -4.66. The molecular formula is C24H21F3N2O5. The van der Waals surface area contributed by atoms with Crippen molar-refractivity contribution in [2.45, 2.75) is 31.9 Å². The van der Waals surface area contributed by atoms with Crippen LogP contribution >= 0.6 is 0 Å². The summed E-state index contributed by atoms with van der Waals surface area (Å²) in [5, 5.41) is 2.09. The number of fused-ring (bicyclic) bond motifs is 1. The number of nitrogens with zero attached hydrogens (tertiary/aromatic N) is 1. The fourth-order valence-corrected chi connectivity index (χ4v) is 4.43. The molecule has 2 atom stereocenters. The predicted molar refractivity (Wildman–Crippen MR) is 115 cm³/mol. The molecule has 10 heteroatoms. The molecule has 2 aromatic carbocycles. The van der Waals surface area contributed by atoms with Gasteiger partial charge in [-0.1, -0.05) is 31.0 Å². The fraction of sp³-hybridized carbons (Fsp3) is 0.333.